The van der Waals surface area contributed by atoms with Gasteiger partial charge in [-0.2, -0.15) is 0 Å². The molecule has 0 unspecified atom stereocenters. The molecule has 0 aromatic carbocycles. The number of hydrogen-bond donors (Lipinski definition) is 2. The molecule has 2 nitrogen and oxygen atoms in total. The number of aliphatic hydroxyl groups is 1. The van der Waals surface area contributed by atoms with E-state index in [2.05, 4.69) is 44.0 Å². The zero-order chi connectivity index (χ0) is 14.3. The van der Waals surface area contributed by atoms with Gasteiger partial charge in [0.05, 0.1) is 0 Å². The predicted octanol–water partition coefficient (Wildman–Crippen LogP) is 3.70. The largest absolute Gasteiger partial charge is 0.397 e. The van der Waals surface area contributed by atoms with Crippen molar-refractivity contribution in [3.63, 3.8) is 0 Å². The smallest absolute Gasteiger partial charge is 0.0402 e. The van der Waals surface area contributed by atoms with Gasteiger partial charge in [-0.15, -0.1) is 0 Å². The third-order valence-electron chi connectivity index (χ3n) is 2.22. The molecule has 1 rings (SSSR count). The summed E-state index contributed by atoms with van der Waals surface area (Å²) < 4.78 is 0. The number of nitrogens with one attached hydrogen (secondary N) is 1. The summed E-state index contributed by atoms with van der Waals surface area (Å²) in [5.74, 6) is 0. The van der Waals surface area contributed by atoms with Crippen LogP contribution in [0.25, 0.3) is 0 Å². The van der Waals surface area contributed by atoms with Gasteiger partial charge in [0.25, 0.3) is 0 Å². The van der Waals surface area contributed by atoms with Crippen LogP contribution in [0.3, 0.4) is 0 Å². The van der Waals surface area contributed by atoms with Crippen molar-refractivity contribution in [2.75, 3.05) is 19.7 Å². The summed E-state index contributed by atoms with van der Waals surface area (Å²) >= 11 is 0. The lowest BCUT2D eigenvalue weighted by Gasteiger charge is -2.12. The third-order valence-corrected chi connectivity index (χ3v) is 2.22. The van der Waals surface area contributed by atoms with E-state index in [1.807, 2.05) is 13.0 Å². The molecule has 0 spiro atoms. The second kappa shape index (κ2) is 14.2. The summed E-state index contributed by atoms with van der Waals surface area (Å²) in [5, 5.41) is 10.8. The van der Waals surface area contributed by atoms with E-state index in [-0.39, 0.29) is 12.0 Å². The molecule has 0 atom stereocenters. The maximum absolute atomic E-state index is 7.57. The number of allylic oxidation sites excluding steroid dienone is 5. The molecule has 106 valence electrons. The lowest BCUT2D eigenvalue weighted by Crippen LogP contribution is -2.03. The van der Waals surface area contributed by atoms with E-state index in [1.54, 1.807) is 13.0 Å². The van der Waals surface area contributed by atoms with Crippen molar-refractivity contribution in [1.82, 2.24) is 5.32 Å². The average molecular weight is 253 g/mol. The van der Waals surface area contributed by atoms with Gasteiger partial charge in [0.15, 0.2) is 0 Å². The van der Waals surface area contributed by atoms with Gasteiger partial charge >= 0.3 is 0 Å². The van der Waals surface area contributed by atoms with E-state index < -0.39 is 0 Å². The van der Waals surface area contributed by atoms with Crippen LogP contribution in [-0.4, -0.2) is 24.8 Å². The maximum Gasteiger partial charge on any atom is 0.0402 e. The van der Waals surface area contributed by atoms with Gasteiger partial charge in [-0.05, 0) is 39.8 Å². The average Bonchev–Trinajstić information content (AvgIpc) is 2.86. The molecule has 2 heteroatoms. The SMILES string of the molecule is C1CCNC1.C=C/C=C\C(C)(C)/C=C\C.CCO. The van der Waals surface area contributed by atoms with E-state index in [0.717, 1.165) is 0 Å². The molecule has 0 amide bonds. The fraction of sp³-hybridized carbons (Fsp3) is 0.625. The number of aliphatic hydroxyl groups excluding tert-OH is 1. The summed E-state index contributed by atoms with van der Waals surface area (Å²) in [5.41, 5.74) is 0.170. The monoisotopic (exact) mass is 253 g/mol. The van der Waals surface area contributed by atoms with Crippen LogP contribution in [0.2, 0.25) is 0 Å². The molecular weight excluding hydrogens is 222 g/mol. The Balaban J connectivity index is 0. The lowest BCUT2D eigenvalue weighted by atomic mass is 9.92. The Morgan fingerprint density at radius 3 is 2.00 bits per heavy atom. The second-order valence-corrected chi connectivity index (χ2v) is 4.69. The molecule has 0 saturated carbocycles. The standard InChI is InChI=1S/C10H16.C4H9N.C2H6O/c1-5-7-9-10(3,4)8-6-2;1-2-4-5-3-1;1-2-3/h5-9H,1H2,2-4H3;5H,1-4H2;3H,2H2,1H3/b8-6-,9-7-;;. The maximum atomic E-state index is 7.57. The van der Waals surface area contributed by atoms with Crippen LogP contribution >= 0.6 is 0 Å². The van der Waals surface area contributed by atoms with Crippen LogP contribution < -0.4 is 5.32 Å². The molecule has 0 aliphatic carbocycles. The highest BCUT2D eigenvalue weighted by Gasteiger charge is 2.05. The van der Waals surface area contributed by atoms with Crippen LogP contribution in [0.5, 0.6) is 0 Å². The first-order valence-corrected chi connectivity index (χ1v) is 6.79. The molecule has 18 heavy (non-hydrogen) atoms. The Morgan fingerprint density at radius 1 is 1.22 bits per heavy atom. The Kier molecular flexibility index (Phi) is 15.4. The molecule has 1 aliphatic rings. The van der Waals surface area contributed by atoms with Gasteiger partial charge in [-0.1, -0.05) is 50.8 Å². The van der Waals surface area contributed by atoms with Crippen molar-refractivity contribution < 1.29 is 5.11 Å². The zero-order valence-corrected chi connectivity index (χ0v) is 12.6. The molecule has 0 aromatic heterocycles. The van der Waals surface area contributed by atoms with Crippen molar-refractivity contribution in [2.24, 2.45) is 5.41 Å². The van der Waals surface area contributed by atoms with Gasteiger partial charge in [0.2, 0.25) is 0 Å². The molecule has 0 radical (unpaired) electrons. The third kappa shape index (κ3) is 17.5. The van der Waals surface area contributed by atoms with Crippen LogP contribution in [0, 0.1) is 5.41 Å². The number of hydrogen-bond acceptors (Lipinski definition) is 2. The van der Waals surface area contributed by atoms with Gasteiger partial charge in [-0.25, -0.2) is 0 Å². The predicted molar refractivity (Wildman–Crippen MR) is 82.8 cm³/mol. The minimum atomic E-state index is 0.170. The van der Waals surface area contributed by atoms with Crippen molar-refractivity contribution in [3.05, 3.63) is 37.0 Å². The van der Waals surface area contributed by atoms with Gasteiger partial charge in [0, 0.05) is 12.0 Å². The van der Waals surface area contributed by atoms with Crippen molar-refractivity contribution >= 4 is 0 Å². The quantitative estimate of drug-likeness (QED) is 0.594. The summed E-state index contributed by atoms with van der Waals surface area (Å²) in [7, 11) is 0. The Bertz CT molecular complexity index is 218. The highest BCUT2D eigenvalue weighted by molar-refractivity contribution is 5.10. The second-order valence-electron chi connectivity index (χ2n) is 4.69. The van der Waals surface area contributed by atoms with Crippen LogP contribution in [-0.2, 0) is 0 Å². The molecule has 0 aromatic rings. The highest BCUT2D eigenvalue weighted by atomic mass is 16.2. The van der Waals surface area contributed by atoms with Gasteiger partial charge in [-0.3, -0.25) is 0 Å². The van der Waals surface area contributed by atoms with Crippen molar-refractivity contribution in [2.45, 2.75) is 40.5 Å². The first kappa shape index (κ1) is 19.5. The van der Waals surface area contributed by atoms with E-state index in [1.165, 1.54) is 25.9 Å². The van der Waals surface area contributed by atoms with Crippen LogP contribution in [0.1, 0.15) is 40.5 Å². The first-order valence-electron chi connectivity index (χ1n) is 6.79. The molecule has 0 bridgehead atoms. The normalized spacial score (nSPS) is 14.9. The van der Waals surface area contributed by atoms with E-state index in [9.17, 15) is 0 Å². The first-order chi connectivity index (χ1) is 8.54. The summed E-state index contributed by atoms with van der Waals surface area (Å²) in [6.45, 7) is 14.4. The fourth-order valence-electron chi connectivity index (χ4n) is 1.43. The fourth-order valence-corrected chi connectivity index (χ4v) is 1.43. The van der Waals surface area contributed by atoms with E-state index in [4.69, 9.17) is 5.11 Å². The molecule has 1 fully saturated rings. The summed E-state index contributed by atoms with van der Waals surface area (Å²) in [6.07, 6.45) is 12.9. The van der Waals surface area contributed by atoms with E-state index >= 15 is 0 Å². The van der Waals surface area contributed by atoms with Crippen LogP contribution in [0.15, 0.2) is 37.0 Å². The molecule has 2 N–H and O–H groups in total. The zero-order valence-electron chi connectivity index (χ0n) is 12.6. The molecule has 1 heterocycles. The van der Waals surface area contributed by atoms with E-state index in [0.29, 0.717) is 0 Å². The highest BCUT2D eigenvalue weighted by Crippen LogP contribution is 2.18. The minimum Gasteiger partial charge on any atom is -0.397 e. The van der Waals surface area contributed by atoms with Gasteiger partial charge in [0.1, 0.15) is 0 Å². The van der Waals surface area contributed by atoms with Crippen molar-refractivity contribution in [3.8, 4) is 0 Å². The number of rotatable bonds is 3. The molecule has 1 saturated heterocycles. The Labute approximate surface area is 113 Å². The van der Waals surface area contributed by atoms with Crippen LogP contribution in [0.4, 0.5) is 0 Å². The minimum absolute atomic E-state index is 0.170. The van der Waals surface area contributed by atoms with Crippen molar-refractivity contribution in [1.29, 1.82) is 0 Å². The summed E-state index contributed by atoms with van der Waals surface area (Å²) in [4.78, 5) is 0. The molecular formula is C16H31NO. The Hall–Kier alpha value is -0.860. The Morgan fingerprint density at radius 2 is 1.72 bits per heavy atom. The van der Waals surface area contributed by atoms with Gasteiger partial charge < -0.3 is 10.4 Å². The lowest BCUT2D eigenvalue weighted by molar-refractivity contribution is 0.318. The molecule has 1 aliphatic heterocycles. The topological polar surface area (TPSA) is 32.3 Å². The summed E-state index contributed by atoms with van der Waals surface area (Å²) in [6, 6.07) is 0.